The Labute approximate surface area is 97.6 Å². The molecule has 1 rings (SSSR count). The standard InChI is InChI=1S/C9H16N2O4S/c1-9(2,3)16(14)10-6-11(8(12)13)15-7-4-5-7/h6-7H,4-5H2,1-3H3,(H,12,13)/b10-6+. The first-order valence-electron chi connectivity index (χ1n) is 4.96. The minimum absolute atomic E-state index is 0.0503. The topological polar surface area (TPSA) is 85.2 Å². The van der Waals surface area contributed by atoms with Gasteiger partial charge < -0.3 is 9.66 Å². The molecule has 92 valence electrons. The quantitative estimate of drug-likeness (QED) is 0.354. The number of rotatable bonds is 4. The molecule has 0 aromatic rings. The van der Waals surface area contributed by atoms with E-state index in [2.05, 4.69) is 4.40 Å². The lowest BCUT2D eigenvalue weighted by atomic mass is 10.3. The van der Waals surface area contributed by atoms with Crippen molar-refractivity contribution in [3.63, 3.8) is 0 Å². The van der Waals surface area contributed by atoms with Crippen LogP contribution in [0.15, 0.2) is 4.40 Å². The number of carboxylic acid groups (broad SMARTS) is 1. The first-order valence-corrected chi connectivity index (χ1v) is 6.06. The Morgan fingerprint density at radius 1 is 1.62 bits per heavy atom. The van der Waals surface area contributed by atoms with Gasteiger partial charge in [0.05, 0.1) is 6.10 Å². The van der Waals surface area contributed by atoms with E-state index in [4.69, 9.17) is 9.94 Å². The van der Waals surface area contributed by atoms with Crippen molar-refractivity contribution in [3.05, 3.63) is 0 Å². The lowest BCUT2D eigenvalue weighted by Crippen LogP contribution is -2.32. The summed E-state index contributed by atoms with van der Waals surface area (Å²) in [6.07, 6.45) is 1.34. The molecule has 0 aromatic carbocycles. The van der Waals surface area contributed by atoms with Gasteiger partial charge in [0.2, 0.25) is 0 Å². The highest BCUT2D eigenvalue weighted by Gasteiger charge is 2.30. The molecule has 1 aliphatic carbocycles. The Morgan fingerprint density at radius 3 is 2.56 bits per heavy atom. The van der Waals surface area contributed by atoms with Gasteiger partial charge in [-0.15, -0.1) is 5.06 Å². The molecule has 1 aliphatic rings. The van der Waals surface area contributed by atoms with Crippen LogP contribution >= 0.6 is 0 Å². The van der Waals surface area contributed by atoms with Crippen molar-refractivity contribution in [1.29, 1.82) is 0 Å². The van der Waals surface area contributed by atoms with E-state index in [1.807, 2.05) is 0 Å². The van der Waals surface area contributed by atoms with Crippen LogP contribution in [0.5, 0.6) is 0 Å². The minimum atomic E-state index is -1.48. The third-order valence-corrected chi connectivity index (χ3v) is 3.08. The van der Waals surface area contributed by atoms with Crippen molar-refractivity contribution in [2.24, 2.45) is 4.40 Å². The third-order valence-electron chi connectivity index (χ3n) is 1.75. The molecule has 6 nitrogen and oxygen atoms in total. The summed E-state index contributed by atoms with van der Waals surface area (Å²) in [6, 6.07) is 0. The molecule has 0 aromatic heterocycles. The highest BCUT2D eigenvalue weighted by Crippen LogP contribution is 2.24. The van der Waals surface area contributed by atoms with Crippen molar-refractivity contribution >= 4 is 23.8 Å². The molecule has 0 radical (unpaired) electrons. The van der Waals surface area contributed by atoms with E-state index in [9.17, 15) is 9.35 Å². The lowest BCUT2D eigenvalue weighted by molar-refractivity contribution is -0.0834. The molecular formula is C9H16N2O4S. The predicted octanol–water partition coefficient (Wildman–Crippen LogP) is 1.55. The number of hydroxylamine groups is 2. The molecule has 0 aliphatic heterocycles. The summed E-state index contributed by atoms with van der Waals surface area (Å²) in [7, 11) is 0. The van der Waals surface area contributed by atoms with Gasteiger partial charge in [0.1, 0.15) is 16.1 Å². The number of hydrogen-bond donors (Lipinski definition) is 1. The normalized spacial score (nSPS) is 18.8. The number of hydrogen-bond acceptors (Lipinski definition) is 4. The Morgan fingerprint density at radius 2 is 2.19 bits per heavy atom. The summed E-state index contributed by atoms with van der Waals surface area (Å²) in [5.41, 5.74) is 0. The van der Waals surface area contributed by atoms with Crippen LogP contribution in [0.2, 0.25) is 0 Å². The van der Waals surface area contributed by atoms with E-state index >= 15 is 0 Å². The van der Waals surface area contributed by atoms with E-state index in [1.165, 1.54) is 0 Å². The van der Waals surface area contributed by atoms with Gasteiger partial charge in [0, 0.05) is 0 Å². The predicted molar refractivity (Wildman–Crippen MR) is 60.4 cm³/mol. The molecule has 0 spiro atoms. The molecule has 1 amide bonds. The van der Waals surface area contributed by atoms with Crippen LogP contribution in [0.25, 0.3) is 0 Å². The van der Waals surface area contributed by atoms with Crippen LogP contribution in [0, 0.1) is 0 Å². The zero-order valence-corrected chi connectivity index (χ0v) is 10.4. The Balaban J connectivity index is 2.52. The summed E-state index contributed by atoms with van der Waals surface area (Å²) >= 11 is -1.48. The van der Waals surface area contributed by atoms with Crippen molar-refractivity contribution in [2.45, 2.75) is 44.5 Å². The van der Waals surface area contributed by atoms with E-state index in [0.29, 0.717) is 5.06 Å². The van der Waals surface area contributed by atoms with Gasteiger partial charge in [-0.3, -0.25) is 4.84 Å². The third kappa shape index (κ3) is 4.38. The van der Waals surface area contributed by atoms with Crippen LogP contribution in [0.1, 0.15) is 33.6 Å². The Kier molecular flexibility index (Phi) is 4.17. The molecule has 1 fully saturated rings. The molecule has 7 heteroatoms. The van der Waals surface area contributed by atoms with E-state index in [-0.39, 0.29) is 6.10 Å². The maximum Gasteiger partial charge on any atom is 0.437 e. The van der Waals surface area contributed by atoms with E-state index < -0.39 is 22.2 Å². The second-order valence-electron chi connectivity index (χ2n) is 4.50. The van der Waals surface area contributed by atoms with Crippen LogP contribution in [0.4, 0.5) is 4.79 Å². The highest BCUT2D eigenvalue weighted by atomic mass is 32.2. The summed E-state index contributed by atoms with van der Waals surface area (Å²) in [6.45, 7) is 5.27. The zero-order chi connectivity index (χ0) is 12.3. The van der Waals surface area contributed by atoms with Crippen LogP contribution in [-0.2, 0) is 16.2 Å². The average molecular weight is 248 g/mol. The highest BCUT2D eigenvalue weighted by molar-refractivity contribution is 7.91. The van der Waals surface area contributed by atoms with Gasteiger partial charge in [-0.25, -0.2) is 4.79 Å². The number of nitrogens with zero attached hydrogens (tertiary/aromatic N) is 2. The second kappa shape index (κ2) is 5.03. The largest absolute Gasteiger partial charge is 0.591 e. The molecule has 0 heterocycles. The maximum absolute atomic E-state index is 11.5. The second-order valence-corrected chi connectivity index (χ2v) is 6.43. The number of amides is 1. The average Bonchev–Trinajstić information content (AvgIpc) is 2.92. The molecule has 0 saturated heterocycles. The van der Waals surface area contributed by atoms with Crippen LogP contribution in [0.3, 0.4) is 0 Å². The Hall–Kier alpha value is -0.790. The molecule has 1 unspecified atom stereocenters. The van der Waals surface area contributed by atoms with Gasteiger partial charge in [-0.05, 0) is 38.0 Å². The molecule has 16 heavy (non-hydrogen) atoms. The van der Waals surface area contributed by atoms with Gasteiger partial charge >= 0.3 is 6.09 Å². The smallest absolute Gasteiger partial charge is 0.437 e. The molecule has 1 atom stereocenters. The molecule has 1 saturated carbocycles. The van der Waals surface area contributed by atoms with Crippen LogP contribution in [-0.4, -0.2) is 38.0 Å². The van der Waals surface area contributed by atoms with Crippen molar-refractivity contribution < 1.29 is 19.3 Å². The fourth-order valence-corrected chi connectivity index (χ4v) is 1.19. The molecule has 0 bridgehead atoms. The van der Waals surface area contributed by atoms with Gasteiger partial charge in [0.25, 0.3) is 0 Å². The van der Waals surface area contributed by atoms with Crippen molar-refractivity contribution in [3.8, 4) is 0 Å². The summed E-state index contributed by atoms with van der Waals surface area (Å²) < 4.78 is 14.7. The fraction of sp³-hybridized carbons (Fsp3) is 0.778. The molecule has 1 N–H and O–H groups in total. The zero-order valence-electron chi connectivity index (χ0n) is 9.54. The minimum Gasteiger partial charge on any atom is -0.591 e. The van der Waals surface area contributed by atoms with Crippen molar-refractivity contribution in [2.75, 3.05) is 0 Å². The lowest BCUT2D eigenvalue weighted by Gasteiger charge is -2.19. The van der Waals surface area contributed by atoms with Gasteiger partial charge in [0.15, 0.2) is 6.34 Å². The summed E-state index contributed by atoms with van der Waals surface area (Å²) in [4.78, 5) is 15.8. The first-order chi connectivity index (χ1) is 7.30. The number of carbonyl (C=O) groups is 1. The molecular weight excluding hydrogens is 232 g/mol. The van der Waals surface area contributed by atoms with Crippen molar-refractivity contribution in [1.82, 2.24) is 5.06 Å². The SMILES string of the molecule is CC(C)(C)[S+]([O-])/N=C/N(OC1CC1)C(=O)O. The van der Waals surface area contributed by atoms with E-state index in [1.54, 1.807) is 20.8 Å². The van der Waals surface area contributed by atoms with E-state index in [0.717, 1.165) is 19.2 Å². The Bertz CT molecular complexity index is 286. The fourth-order valence-electron chi connectivity index (χ4n) is 0.699. The maximum atomic E-state index is 11.5. The summed E-state index contributed by atoms with van der Waals surface area (Å²) in [5.74, 6) is 0. The first kappa shape index (κ1) is 13.3. The van der Waals surface area contributed by atoms with Gasteiger partial charge in [-0.2, -0.15) is 0 Å². The van der Waals surface area contributed by atoms with Gasteiger partial charge in [-0.1, -0.05) is 0 Å². The summed E-state index contributed by atoms with van der Waals surface area (Å²) in [5, 5.41) is 9.39. The van der Waals surface area contributed by atoms with Crippen LogP contribution < -0.4 is 0 Å². The monoisotopic (exact) mass is 248 g/mol.